The van der Waals surface area contributed by atoms with E-state index in [1.165, 1.54) is 11.3 Å². The molecule has 3 aromatic rings. The van der Waals surface area contributed by atoms with Gasteiger partial charge in [-0.2, -0.15) is 0 Å². The fraction of sp³-hybridized carbons (Fsp3) is 0.348. The lowest BCUT2D eigenvalue weighted by molar-refractivity contribution is 0.356. The van der Waals surface area contributed by atoms with Crippen LogP contribution in [0.15, 0.2) is 28.5 Å². The van der Waals surface area contributed by atoms with Gasteiger partial charge in [0, 0.05) is 31.0 Å². The van der Waals surface area contributed by atoms with E-state index in [2.05, 4.69) is 4.98 Å². The third-order valence-corrected chi connectivity index (χ3v) is 9.17. The molecule has 2 aromatic carbocycles. The molecule has 1 aromatic heterocycles. The molecule has 1 aliphatic heterocycles. The summed E-state index contributed by atoms with van der Waals surface area (Å²) in [5, 5.41) is 1.19. The van der Waals surface area contributed by atoms with E-state index < -0.39 is 49.1 Å². The molecule has 0 aliphatic carbocycles. The number of sulfone groups is 1. The van der Waals surface area contributed by atoms with Crippen molar-refractivity contribution >= 4 is 26.3 Å². The third kappa shape index (κ3) is 4.85. The maximum atomic E-state index is 14.1. The van der Waals surface area contributed by atoms with Gasteiger partial charge in [0.15, 0.2) is 38.2 Å². The first kappa shape index (κ1) is 26.1. The summed E-state index contributed by atoms with van der Waals surface area (Å²) in [6, 6.07) is 5.47. The molecule has 6 nitrogen and oxygen atoms in total. The van der Waals surface area contributed by atoms with Crippen LogP contribution in [0.4, 0.5) is 27.1 Å². The van der Waals surface area contributed by atoms with Crippen LogP contribution in [0.2, 0.25) is 0 Å². The Morgan fingerprint density at radius 1 is 0.917 bits per heavy atom. The smallest absolute Gasteiger partial charge is 0.200 e. The second-order valence-corrected chi connectivity index (χ2v) is 11.2. The topological polar surface area (TPSA) is 68.7 Å². The average Bonchev–Trinajstić information content (AvgIpc) is 3.34. The molecule has 1 fully saturated rings. The molecule has 0 spiro atoms. The minimum atomic E-state index is -4.80. The van der Waals surface area contributed by atoms with E-state index in [0.29, 0.717) is 23.1 Å². The summed E-state index contributed by atoms with van der Waals surface area (Å²) in [6.07, 6.45) is 0.364. The number of hydrogen-bond donors (Lipinski definition) is 0. The predicted molar refractivity (Wildman–Crippen MR) is 123 cm³/mol. The molecule has 2 heterocycles. The number of thiazole rings is 1. The van der Waals surface area contributed by atoms with E-state index in [1.807, 2.05) is 22.4 Å². The van der Waals surface area contributed by atoms with Gasteiger partial charge in [0.1, 0.15) is 16.4 Å². The van der Waals surface area contributed by atoms with E-state index in [-0.39, 0.29) is 25.9 Å². The lowest BCUT2D eigenvalue weighted by Crippen LogP contribution is -2.40. The minimum Gasteiger partial charge on any atom is -0.497 e. The number of piperidine rings is 1. The van der Waals surface area contributed by atoms with Crippen LogP contribution >= 0.6 is 11.3 Å². The molecular weight excluding hydrogens is 527 g/mol. The zero-order valence-electron chi connectivity index (χ0n) is 19.2. The second-order valence-electron chi connectivity index (χ2n) is 8.15. The molecule has 0 saturated carbocycles. The lowest BCUT2D eigenvalue weighted by atomic mass is 10.1. The molecule has 1 saturated heterocycles. The van der Waals surface area contributed by atoms with Crippen LogP contribution in [0.5, 0.6) is 11.5 Å². The predicted octanol–water partition coefficient (Wildman–Crippen LogP) is 4.89. The van der Waals surface area contributed by atoms with Crippen LogP contribution in [-0.2, 0) is 16.3 Å². The Labute approximate surface area is 208 Å². The third-order valence-electron chi connectivity index (χ3n) is 5.94. The summed E-state index contributed by atoms with van der Waals surface area (Å²) in [5.41, 5.74) is 1.68. The molecule has 0 unspecified atom stereocenters. The highest BCUT2D eigenvalue weighted by Crippen LogP contribution is 2.34. The number of aromatic nitrogens is 1. The fourth-order valence-corrected chi connectivity index (χ4v) is 6.78. The summed E-state index contributed by atoms with van der Waals surface area (Å²) in [5.74, 6) is -10.4. The number of nitrogens with zero attached hydrogens (tertiary/aromatic N) is 2. The molecule has 0 N–H and O–H groups in total. The molecule has 0 radical (unpaired) electrons. The van der Waals surface area contributed by atoms with Gasteiger partial charge in [-0.1, -0.05) is 0 Å². The SMILES string of the molecule is COc1cc(Cc2csc(N3CCC(S(=O)(=O)c4c(F)c(F)c(F)c(F)c4F)CC3)n2)cc(OC)c1. The number of anilines is 1. The van der Waals surface area contributed by atoms with E-state index in [4.69, 9.17) is 9.47 Å². The number of hydrogen-bond acceptors (Lipinski definition) is 7. The Balaban J connectivity index is 1.47. The molecule has 1 aliphatic rings. The standard InChI is InChI=1S/C23H21F5N2O4S2/c1-33-14-8-12(9-15(10-14)34-2)7-13-11-35-23(29-13)30-5-3-16(4-6-30)36(31,32)22-20(27)18(25)17(24)19(26)21(22)28/h8-11,16H,3-7H2,1-2H3. The Kier molecular flexibility index (Phi) is 7.41. The van der Waals surface area contributed by atoms with E-state index in [0.717, 1.165) is 11.3 Å². The van der Waals surface area contributed by atoms with Gasteiger partial charge in [0.05, 0.1) is 25.2 Å². The summed E-state index contributed by atoms with van der Waals surface area (Å²) in [7, 11) is -1.70. The summed E-state index contributed by atoms with van der Waals surface area (Å²) >= 11 is 1.35. The highest BCUT2D eigenvalue weighted by Gasteiger charge is 2.39. The molecule has 36 heavy (non-hydrogen) atoms. The highest BCUT2D eigenvalue weighted by molar-refractivity contribution is 7.92. The van der Waals surface area contributed by atoms with Crippen LogP contribution in [0.1, 0.15) is 24.1 Å². The Morgan fingerprint density at radius 3 is 1.97 bits per heavy atom. The van der Waals surface area contributed by atoms with Crippen molar-refractivity contribution in [3.05, 3.63) is 63.9 Å². The van der Waals surface area contributed by atoms with E-state index >= 15 is 0 Å². The van der Waals surface area contributed by atoms with Crippen molar-refractivity contribution in [2.45, 2.75) is 29.4 Å². The summed E-state index contributed by atoms with van der Waals surface area (Å²) in [6.45, 7) is 0.360. The van der Waals surface area contributed by atoms with Gasteiger partial charge in [-0.3, -0.25) is 0 Å². The zero-order valence-corrected chi connectivity index (χ0v) is 20.8. The van der Waals surface area contributed by atoms with Crippen molar-refractivity contribution in [3.63, 3.8) is 0 Å². The van der Waals surface area contributed by atoms with Gasteiger partial charge in [0.25, 0.3) is 0 Å². The number of methoxy groups -OCH3 is 2. The number of rotatable bonds is 7. The van der Waals surface area contributed by atoms with Gasteiger partial charge < -0.3 is 14.4 Å². The molecule has 4 rings (SSSR count). The van der Waals surface area contributed by atoms with Gasteiger partial charge in [0.2, 0.25) is 5.82 Å². The first-order valence-electron chi connectivity index (χ1n) is 10.7. The monoisotopic (exact) mass is 548 g/mol. The van der Waals surface area contributed by atoms with E-state index in [9.17, 15) is 30.4 Å². The molecule has 0 atom stereocenters. The summed E-state index contributed by atoms with van der Waals surface area (Å²) < 4.78 is 105. The molecule has 0 amide bonds. The summed E-state index contributed by atoms with van der Waals surface area (Å²) in [4.78, 5) is 4.65. The van der Waals surface area contributed by atoms with Crippen LogP contribution in [-0.4, -0.2) is 46.0 Å². The largest absolute Gasteiger partial charge is 0.497 e. The van der Waals surface area contributed by atoms with Crippen LogP contribution in [0, 0.1) is 29.1 Å². The second kappa shape index (κ2) is 10.2. The van der Waals surface area contributed by atoms with Gasteiger partial charge in [-0.05, 0) is 30.5 Å². The fourth-order valence-electron chi connectivity index (χ4n) is 4.06. The van der Waals surface area contributed by atoms with Crippen molar-refractivity contribution in [1.82, 2.24) is 4.98 Å². The number of ether oxygens (including phenoxy) is 2. The molecule has 13 heteroatoms. The van der Waals surface area contributed by atoms with E-state index in [1.54, 1.807) is 20.3 Å². The quantitative estimate of drug-likeness (QED) is 0.181. The number of benzene rings is 2. The van der Waals surface area contributed by atoms with Crippen LogP contribution < -0.4 is 14.4 Å². The van der Waals surface area contributed by atoms with Crippen molar-refractivity contribution in [3.8, 4) is 11.5 Å². The average molecular weight is 549 g/mol. The van der Waals surface area contributed by atoms with Crippen molar-refractivity contribution in [2.24, 2.45) is 0 Å². The molecular formula is C23H21F5N2O4S2. The zero-order chi connectivity index (χ0) is 26.2. The maximum Gasteiger partial charge on any atom is 0.200 e. The lowest BCUT2D eigenvalue weighted by Gasteiger charge is -2.31. The first-order valence-corrected chi connectivity index (χ1v) is 13.2. The van der Waals surface area contributed by atoms with Gasteiger partial charge in [-0.15, -0.1) is 11.3 Å². The van der Waals surface area contributed by atoms with Crippen molar-refractivity contribution < 1.29 is 39.8 Å². The minimum absolute atomic E-state index is 0.0657. The van der Waals surface area contributed by atoms with Crippen LogP contribution in [0.3, 0.4) is 0 Å². The number of halogens is 5. The Hall–Kier alpha value is -2.93. The van der Waals surface area contributed by atoms with Crippen LogP contribution in [0.25, 0.3) is 0 Å². The van der Waals surface area contributed by atoms with Crippen molar-refractivity contribution in [1.29, 1.82) is 0 Å². The Bertz CT molecular complexity index is 1340. The first-order chi connectivity index (χ1) is 17.1. The Morgan fingerprint density at radius 2 is 1.44 bits per heavy atom. The molecule has 0 bridgehead atoms. The highest BCUT2D eigenvalue weighted by atomic mass is 32.2. The van der Waals surface area contributed by atoms with Gasteiger partial charge in [-0.25, -0.2) is 35.4 Å². The normalized spacial score (nSPS) is 14.8. The van der Waals surface area contributed by atoms with Crippen molar-refractivity contribution in [2.75, 3.05) is 32.2 Å². The molecule has 194 valence electrons. The maximum absolute atomic E-state index is 14.1. The van der Waals surface area contributed by atoms with Gasteiger partial charge >= 0.3 is 0 Å².